The van der Waals surface area contributed by atoms with Gasteiger partial charge >= 0.3 is 11.8 Å². The summed E-state index contributed by atoms with van der Waals surface area (Å²) in [6.45, 7) is 14.8. The maximum absolute atomic E-state index is 13.7. The highest BCUT2D eigenvalue weighted by Gasteiger charge is 2.34. The van der Waals surface area contributed by atoms with Gasteiger partial charge in [0, 0.05) is 34.3 Å². The van der Waals surface area contributed by atoms with Gasteiger partial charge in [0.1, 0.15) is 17.3 Å². The van der Waals surface area contributed by atoms with E-state index in [1.54, 1.807) is 39.4 Å². The number of hydrogen-bond donors (Lipinski definition) is 1. The van der Waals surface area contributed by atoms with Gasteiger partial charge in [0.2, 0.25) is 0 Å². The smallest absolute Gasteiger partial charge is 0.313 e. The molecule has 3 aromatic heterocycles. The molecule has 0 bridgehead atoms. The number of fused-ring (bicyclic) bond motifs is 2. The van der Waals surface area contributed by atoms with Crippen LogP contribution in [0.4, 0.5) is 5.69 Å². The molecule has 0 aliphatic carbocycles. The van der Waals surface area contributed by atoms with Crippen LogP contribution >= 0.6 is 11.3 Å². The normalized spacial score (nSPS) is 19.7. The number of nitrogens with zero attached hydrogens (tertiary/aromatic N) is 6. The summed E-state index contributed by atoms with van der Waals surface area (Å²) in [7, 11) is 0.959. The van der Waals surface area contributed by atoms with Crippen molar-refractivity contribution in [1.29, 1.82) is 0 Å². The van der Waals surface area contributed by atoms with Gasteiger partial charge < -0.3 is 19.9 Å². The number of rotatable bonds is 8. The lowest BCUT2D eigenvalue weighted by molar-refractivity contribution is -0.146. The summed E-state index contributed by atoms with van der Waals surface area (Å²) >= 11 is 1.74. The molecule has 6 rings (SSSR count). The first-order chi connectivity index (χ1) is 21.9. The Morgan fingerprint density at radius 1 is 1.13 bits per heavy atom. The van der Waals surface area contributed by atoms with Crippen molar-refractivity contribution in [3.63, 3.8) is 0 Å². The Bertz CT molecular complexity index is 1790. The number of likely N-dealkylation sites (N-methyl/N-ethyl adjacent to an activating group) is 1. The first-order valence-corrected chi connectivity index (χ1v) is 20.8. The van der Waals surface area contributed by atoms with Crippen LogP contribution in [-0.4, -0.2) is 82.7 Å². The highest BCUT2D eigenvalue weighted by Crippen LogP contribution is 2.38. The Labute approximate surface area is 275 Å². The number of likely N-dealkylation sites (tertiary alicyclic amines) is 1. The molecular formula is C34H45N7O3SSi. The van der Waals surface area contributed by atoms with Crippen LogP contribution in [0.3, 0.4) is 0 Å². The lowest BCUT2D eigenvalue weighted by Crippen LogP contribution is -2.46. The van der Waals surface area contributed by atoms with Crippen LogP contribution in [-0.2, 0) is 21.1 Å². The summed E-state index contributed by atoms with van der Waals surface area (Å²) in [5, 5.41) is 8.31. The average Bonchev–Trinajstić information content (AvgIpc) is 3.61. The van der Waals surface area contributed by atoms with Gasteiger partial charge in [-0.25, -0.2) is 9.67 Å². The SMILES string of the molecule is CC1=C(c2nc3cc([C@H]4CC[C@H](C)CN4C(=O)C(=O)Nc4cnc5cnn(COCC[Si](C)(C)C)c5c4)ccc3s2)CCN(C)C1. The Kier molecular flexibility index (Phi) is 9.42. The van der Waals surface area contributed by atoms with E-state index in [-0.39, 0.29) is 6.04 Å². The van der Waals surface area contributed by atoms with Gasteiger partial charge in [0.15, 0.2) is 0 Å². The Hall–Kier alpha value is -3.45. The molecule has 12 heteroatoms. The van der Waals surface area contributed by atoms with E-state index in [4.69, 9.17) is 9.72 Å². The molecule has 1 saturated heterocycles. The van der Waals surface area contributed by atoms with E-state index in [2.05, 4.69) is 79.0 Å². The maximum atomic E-state index is 13.7. The van der Waals surface area contributed by atoms with Crippen molar-refractivity contribution in [2.24, 2.45) is 5.92 Å². The van der Waals surface area contributed by atoms with Crippen molar-refractivity contribution >= 4 is 63.7 Å². The molecule has 2 aliphatic heterocycles. The minimum absolute atomic E-state index is 0.191. The lowest BCUT2D eigenvalue weighted by Gasteiger charge is -2.38. The average molecular weight is 660 g/mol. The van der Waals surface area contributed by atoms with Gasteiger partial charge in [0.25, 0.3) is 0 Å². The van der Waals surface area contributed by atoms with Gasteiger partial charge in [0.05, 0.1) is 39.9 Å². The zero-order chi connectivity index (χ0) is 32.6. The molecule has 5 heterocycles. The number of pyridine rings is 1. The molecule has 0 spiro atoms. The topological polar surface area (TPSA) is 105 Å². The number of piperidine rings is 1. The molecule has 244 valence electrons. The second-order valence-corrected chi connectivity index (χ2v) is 20.9. The number of carbonyl (C=O) groups is 2. The number of aromatic nitrogens is 4. The second-order valence-electron chi connectivity index (χ2n) is 14.2. The van der Waals surface area contributed by atoms with Gasteiger partial charge in [-0.2, -0.15) is 5.10 Å². The molecule has 2 atom stereocenters. The fourth-order valence-electron chi connectivity index (χ4n) is 6.36. The maximum Gasteiger partial charge on any atom is 0.313 e. The van der Waals surface area contributed by atoms with Crippen LogP contribution in [0, 0.1) is 5.92 Å². The third kappa shape index (κ3) is 7.25. The van der Waals surface area contributed by atoms with Crippen LogP contribution in [0.1, 0.15) is 49.7 Å². The Balaban J connectivity index is 1.17. The largest absolute Gasteiger partial charge is 0.360 e. The van der Waals surface area contributed by atoms with E-state index >= 15 is 0 Å². The highest BCUT2D eigenvalue weighted by atomic mass is 32.1. The molecule has 2 amide bonds. The molecule has 46 heavy (non-hydrogen) atoms. The number of carbonyl (C=O) groups excluding carboxylic acids is 2. The number of amides is 2. The Morgan fingerprint density at radius 2 is 1.96 bits per heavy atom. The van der Waals surface area contributed by atoms with Crippen LogP contribution in [0.15, 0.2) is 42.2 Å². The van der Waals surface area contributed by atoms with Crippen molar-refractivity contribution in [3.05, 3.63) is 52.8 Å². The zero-order valence-electron chi connectivity index (χ0n) is 27.8. The van der Waals surface area contributed by atoms with Gasteiger partial charge in [-0.15, -0.1) is 11.3 Å². The molecule has 1 fully saturated rings. The predicted molar refractivity (Wildman–Crippen MR) is 187 cm³/mol. The minimum atomic E-state index is -1.20. The molecule has 1 N–H and O–H groups in total. The van der Waals surface area contributed by atoms with E-state index < -0.39 is 19.9 Å². The second kappa shape index (κ2) is 13.3. The number of benzene rings is 1. The molecule has 0 saturated carbocycles. The summed E-state index contributed by atoms with van der Waals surface area (Å²) in [6.07, 6.45) is 6.04. The molecule has 4 aromatic rings. The van der Waals surface area contributed by atoms with Crippen molar-refractivity contribution in [2.75, 3.05) is 38.6 Å². The molecule has 2 aliphatic rings. The highest BCUT2D eigenvalue weighted by molar-refractivity contribution is 7.19. The van der Waals surface area contributed by atoms with Crippen molar-refractivity contribution < 1.29 is 14.3 Å². The lowest BCUT2D eigenvalue weighted by atomic mass is 9.89. The molecule has 0 unspecified atom stereocenters. The summed E-state index contributed by atoms with van der Waals surface area (Å²) in [5.74, 6) is -0.902. The van der Waals surface area contributed by atoms with Crippen molar-refractivity contribution in [3.8, 4) is 0 Å². The summed E-state index contributed by atoms with van der Waals surface area (Å²) < 4.78 is 8.76. The third-order valence-electron chi connectivity index (χ3n) is 9.06. The monoisotopic (exact) mass is 659 g/mol. The molecule has 1 aromatic carbocycles. The zero-order valence-corrected chi connectivity index (χ0v) is 29.6. The van der Waals surface area contributed by atoms with E-state index in [0.717, 1.165) is 64.7 Å². The first kappa shape index (κ1) is 32.5. The van der Waals surface area contributed by atoms with E-state index in [0.29, 0.717) is 37.0 Å². The van der Waals surface area contributed by atoms with Gasteiger partial charge in [-0.3, -0.25) is 14.6 Å². The van der Waals surface area contributed by atoms with Crippen molar-refractivity contribution in [2.45, 2.75) is 71.6 Å². The fraction of sp³-hybridized carbons (Fsp3) is 0.500. The van der Waals surface area contributed by atoms with Crippen LogP contribution in [0.25, 0.3) is 26.8 Å². The summed E-state index contributed by atoms with van der Waals surface area (Å²) in [4.78, 5) is 40.7. The number of nitrogens with one attached hydrogen (secondary N) is 1. The third-order valence-corrected chi connectivity index (χ3v) is 11.9. The van der Waals surface area contributed by atoms with Gasteiger partial charge in [-0.1, -0.05) is 38.2 Å². The summed E-state index contributed by atoms with van der Waals surface area (Å²) in [5.41, 5.74) is 6.59. The minimum Gasteiger partial charge on any atom is -0.360 e. The molecule has 0 radical (unpaired) electrons. The molecular weight excluding hydrogens is 615 g/mol. The van der Waals surface area contributed by atoms with Crippen LogP contribution < -0.4 is 5.32 Å². The number of anilines is 1. The summed E-state index contributed by atoms with van der Waals surface area (Å²) in [6, 6.07) is 9.01. The van der Waals surface area contributed by atoms with E-state index in [9.17, 15) is 9.59 Å². The van der Waals surface area contributed by atoms with Crippen LogP contribution in [0.2, 0.25) is 25.7 Å². The number of thiazole rings is 1. The van der Waals surface area contributed by atoms with E-state index in [1.165, 1.54) is 11.1 Å². The van der Waals surface area contributed by atoms with Crippen molar-refractivity contribution in [1.82, 2.24) is 29.5 Å². The standard InChI is InChI=1S/C34H45N7O3SSi/c1-22-7-9-29(24-8-10-31-27(15-24)38-33(45-31)26-11-12-39(3)20-23(26)2)40(19-22)34(43)32(42)37-25-16-30-28(35-17-25)18-36-41(30)21-44-13-14-46(4,5)6/h8,10,15-18,22,29H,7,9,11-14,19-21H2,1-6H3,(H,37,42)/t22-,29+/m0/s1. The van der Waals surface area contributed by atoms with E-state index in [1.807, 2.05) is 0 Å². The Morgan fingerprint density at radius 3 is 2.74 bits per heavy atom. The number of ether oxygens (including phenoxy) is 1. The quantitative estimate of drug-likeness (QED) is 0.133. The van der Waals surface area contributed by atoms with Crippen LogP contribution in [0.5, 0.6) is 0 Å². The van der Waals surface area contributed by atoms with Gasteiger partial charge in [-0.05, 0) is 74.5 Å². The predicted octanol–water partition coefficient (Wildman–Crippen LogP) is 6.40. The molecule has 10 nitrogen and oxygen atoms in total. The first-order valence-electron chi connectivity index (χ1n) is 16.2. The fourth-order valence-corrected chi connectivity index (χ4v) is 8.22. The number of hydrogen-bond acceptors (Lipinski definition) is 8.